The molecule has 0 aliphatic rings. The predicted octanol–water partition coefficient (Wildman–Crippen LogP) is 9.95. The summed E-state index contributed by atoms with van der Waals surface area (Å²) in [5, 5.41) is 4.94. The summed E-state index contributed by atoms with van der Waals surface area (Å²) in [5.41, 5.74) is 9.11. The molecule has 3 nitrogen and oxygen atoms in total. The Balaban J connectivity index is 1.66. The van der Waals surface area contributed by atoms with E-state index in [0.29, 0.717) is 5.82 Å². The molecular weight excluding hydrogens is 505 g/mol. The minimum Gasteiger partial charge on any atom is -0.217 e. The van der Waals surface area contributed by atoms with Crippen LogP contribution in [-0.4, -0.2) is 14.8 Å². The normalized spacial score (nSPS) is 12.1. The maximum atomic E-state index is 13.6. The van der Waals surface area contributed by atoms with Gasteiger partial charge in [-0.25, -0.2) is 14.1 Å². The number of hydrogen-bond donors (Lipinski definition) is 0. The van der Waals surface area contributed by atoms with Gasteiger partial charge in [-0.2, -0.15) is 0 Å². The van der Waals surface area contributed by atoms with Crippen LogP contribution in [0.3, 0.4) is 0 Å². The van der Waals surface area contributed by atoms with Gasteiger partial charge in [0.1, 0.15) is 11.6 Å². The monoisotopic (exact) mass is 545 g/mol. The Hall–Kier alpha value is -4.05. The van der Waals surface area contributed by atoms with E-state index in [1.165, 1.54) is 23.3 Å². The van der Waals surface area contributed by atoms with Gasteiger partial charge in [0.2, 0.25) is 0 Å². The van der Waals surface area contributed by atoms with Crippen LogP contribution in [-0.2, 0) is 17.3 Å². The molecule has 0 atom stereocenters. The van der Waals surface area contributed by atoms with Crippen molar-refractivity contribution in [2.24, 2.45) is 0 Å². The van der Waals surface area contributed by atoms with Crippen molar-refractivity contribution >= 4 is 0 Å². The molecule has 5 aromatic rings. The largest absolute Gasteiger partial charge is 0.217 e. The highest BCUT2D eigenvalue weighted by atomic mass is 19.1. The number of nitrogens with zero attached hydrogens (tertiary/aromatic N) is 3. The van der Waals surface area contributed by atoms with E-state index in [9.17, 15) is 4.39 Å². The maximum Gasteiger partial charge on any atom is 0.181 e. The van der Waals surface area contributed by atoms with Gasteiger partial charge in [-0.1, -0.05) is 97.0 Å². The third-order valence-electron chi connectivity index (χ3n) is 7.58. The Morgan fingerprint density at radius 3 is 1.51 bits per heavy atom. The maximum absolute atomic E-state index is 13.6. The molecule has 5 rings (SSSR count). The number of hydrogen-bond acceptors (Lipinski definition) is 2. The van der Waals surface area contributed by atoms with E-state index in [1.54, 1.807) is 12.1 Å². The molecule has 0 radical (unpaired) electrons. The summed E-state index contributed by atoms with van der Waals surface area (Å²) in [5.74, 6) is 1.22. The number of aryl methyl sites for hydroxylation is 1. The number of benzene rings is 4. The lowest BCUT2D eigenvalue weighted by Gasteiger charge is -2.20. The van der Waals surface area contributed by atoms with Gasteiger partial charge >= 0.3 is 0 Å². The Kier molecular flexibility index (Phi) is 7.70. The van der Waals surface area contributed by atoms with Crippen LogP contribution in [0, 0.1) is 5.82 Å². The molecule has 210 valence electrons. The first-order valence-corrected chi connectivity index (χ1v) is 14.5. The number of rotatable bonds is 6. The molecule has 4 aromatic carbocycles. The molecule has 0 aliphatic heterocycles. The highest BCUT2D eigenvalue weighted by Crippen LogP contribution is 2.33. The van der Waals surface area contributed by atoms with E-state index in [0.717, 1.165) is 52.2 Å². The van der Waals surface area contributed by atoms with Crippen LogP contribution in [0.2, 0.25) is 0 Å². The fraction of sp³-hybridized carbons (Fsp3) is 0.297. The quantitative estimate of drug-likeness (QED) is 0.213. The zero-order valence-electron chi connectivity index (χ0n) is 25.3. The van der Waals surface area contributed by atoms with E-state index in [-0.39, 0.29) is 16.6 Å². The molecule has 0 fully saturated rings. The van der Waals surface area contributed by atoms with Crippen LogP contribution in [0.5, 0.6) is 0 Å². The van der Waals surface area contributed by atoms with E-state index in [2.05, 4.69) is 115 Å². The van der Waals surface area contributed by atoms with Crippen LogP contribution >= 0.6 is 0 Å². The Morgan fingerprint density at radius 2 is 1.07 bits per heavy atom. The molecule has 0 saturated carbocycles. The molecule has 0 spiro atoms. The Labute approximate surface area is 244 Å². The van der Waals surface area contributed by atoms with Gasteiger partial charge in [0.05, 0.1) is 5.69 Å². The summed E-state index contributed by atoms with van der Waals surface area (Å²) in [6.07, 6.45) is 1.73. The van der Waals surface area contributed by atoms with Crippen LogP contribution in [0.1, 0.15) is 71.8 Å². The molecule has 41 heavy (non-hydrogen) atoms. The average Bonchev–Trinajstić information content (AvgIpc) is 3.36. The fourth-order valence-corrected chi connectivity index (χ4v) is 5.05. The molecule has 0 N–H and O–H groups in total. The zero-order chi connectivity index (χ0) is 29.4. The van der Waals surface area contributed by atoms with Crippen molar-refractivity contribution in [3.8, 4) is 39.3 Å². The Bertz CT molecular complexity index is 1550. The third kappa shape index (κ3) is 6.32. The summed E-state index contributed by atoms with van der Waals surface area (Å²) in [7, 11) is 0. The van der Waals surface area contributed by atoms with E-state index in [1.807, 2.05) is 4.68 Å². The molecule has 0 amide bonds. The lowest BCUT2D eigenvalue weighted by molar-refractivity contribution is 0.590. The molecule has 0 bridgehead atoms. The second-order valence-electron chi connectivity index (χ2n) is 12.9. The van der Waals surface area contributed by atoms with Crippen molar-refractivity contribution in [2.75, 3.05) is 0 Å². The topological polar surface area (TPSA) is 30.7 Å². The first-order valence-electron chi connectivity index (χ1n) is 14.5. The number of aromatic nitrogens is 3. The molecule has 0 aliphatic carbocycles. The van der Waals surface area contributed by atoms with Crippen LogP contribution in [0.15, 0.2) is 91.0 Å². The van der Waals surface area contributed by atoms with Crippen molar-refractivity contribution in [1.82, 2.24) is 14.8 Å². The second kappa shape index (κ2) is 11.1. The third-order valence-corrected chi connectivity index (χ3v) is 7.58. The van der Waals surface area contributed by atoms with Crippen molar-refractivity contribution < 1.29 is 4.39 Å². The van der Waals surface area contributed by atoms with Crippen LogP contribution in [0.25, 0.3) is 39.3 Å². The smallest absolute Gasteiger partial charge is 0.181 e. The van der Waals surface area contributed by atoms with E-state index in [4.69, 9.17) is 10.1 Å². The van der Waals surface area contributed by atoms with Gasteiger partial charge in [-0.3, -0.25) is 0 Å². The van der Waals surface area contributed by atoms with Crippen molar-refractivity contribution in [1.29, 1.82) is 0 Å². The van der Waals surface area contributed by atoms with E-state index < -0.39 is 0 Å². The molecule has 0 saturated heterocycles. The van der Waals surface area contributed by atoms with Gasteiger partial charge in [-0.15, -0.1) is 5.10 Å². The average molecular weight is 546 g/mol. The fourth-order valence-electron chi connectivity index (χ4n) is 5.05. The lowest BCUT2D eigenvalue weighted by atomic mass is 9.85. The highest BCUT2D eigenvalue weighted by Gasteiger charge is 2.18. The minimum atomic E-state index is -0.269. The molecule has 0 unspecified atom stereocenters. The standard InChI is InChI=1S/C37H40FN3/c1-8-9-34-39-35(27-14-20-32(38)21-15-27)40-41(34)33-23-28(25-10-16-30(17-11-25)36(2,3)4)22-29(24-33)26-12-18-31(19-13-26)37(5,6)7/h10-24H,8-9H2,1-7H3. The highest BCUT2D eigenvalue weighted by molar-refractivity contribution is 5.76. The first-order chi connectivity index (χ1) is 19.4. The van der Waals surface area contributed by atoms with Gasteiger partial charge in [0, 0.05) is 12.0 Å². The summed E-state index contributed by atoms with van der Waals surface area (Å²) in [6, 6.07) is 30.8. The minimum absolute atomic E-state index is 0.0902. The predicted molar refractivity (Wildman–Crippen MR) is 169 cm³/mol. The summed E-state index contributed by atoms with van der Waals surface area (Å²) in [6.45, 7) is 15.6. The zero-order valence-corrected chi connectivity index (χ0v) is 25.3. The van der Waals surface area contributed by atoms with Gasteiger partial charge in [-0.05, 0) is 93.1 Å². The lowest BCUT2D eigenvalue weighted by Crippen LogP contribution is -2.10. The van der Waals surface area contributed by atoms with Gasteiger partial charge < -0.3 is 0 Å². The summed E-state index contributed by atoms with van der Waals surface area (Å²) < 4.78 is 15.6. The van der Waals surface area contributed by atoms with Gasteiger partial charge in [0.15, 0.2) is 5.82 Å². The first kappa shape index (κ1) is 28.5. The van der Waals surface area contributed by atoms with Crippen molar-refractivity contribution in [3.63, 3.8) is 0 Å². The van der Waals surface area contributed by atoms with Crippen molar-refractivity contribution in [3.05, 3.63) is 114 Å². The molecular formula is C37H40FN3. The number of halogens is 1. The SMILES string of the molecule is CCCc1nc(-c2ccc(F)cc2)nn1-c1cc(-c2ccc(C(C)(C)C)cc2)cc(-c2ccc(C(C)(C)C)cc2)c1. The molecule has 1 heterocycles. The van der Waals surface area contributed by atoms with Crippen LogP contribution in [0.4, 0.5) is 4.39 Å². The summed E-state index contributed by atoms with van der Waals surface area (Å²) >= 11 is 0. The van der Waals surface area contributed by atoms with E-state index >= 15 is 0 Å². The van der Waals surface area contributed by atoms with Crippen LogP contribution < -0.4 is 0 Å². The molecule has 1 aromatic heterocycles. The van der Waals surface area contributed by atoms with Crippen molar-refractivity contribution in [2.45, 2.75) is 72.1 Å². The Morgan fingerprint density at radius 1 is 0.610 bits per heavy atom. The molecule has 4 heteroatoms. The second-order valence-corrected chi connectivity index (χ2v) is 12.9. The summed E-state index contributed by atoms with van der Waals surface area (Å²) in [4.78, 5) is 4.89. The van der Waals surface area contributed by atoms with Gasteiger partial charge in [0.25, 0.3) is 0 Å².